The number of sulfonamides is 1. The lowest BCUT2D eigenvalue weighted by molar-refractivity contribution is -0.0440. The quantitative estimate of drug-likeness (QED) is 0.592. The van der Waals surface area contributed by atoms with Crippen LogP contribution in [0.25, 0.3) is 11.3 Å². The Labute approximate surface area is 191 Å². The number of nitrogens with zero attached hydrogens (tertiary/aromatic N) is 3. The first-order valence-corrected chi connectivity index (χ1v) is 12.5. The molecule has 2 aromatic heterocycles. The maximum atomic E-state index is 12.9. The smallest absolute Gasteiger partial charge is 0.251 e. The Morgan fingerprint density at radius 1 is 1.12 bits per heavy atom. The first kappa shape index (κ1) is 22.5. The molecule has 1 aliphatic heterocycles. The van der Waals surface area contributed by atoms with Gasteiger partial charge in [-0.1, -0.05) is 0 Å². The van der Waals surface area contributed by atoms with E-state index in [4.69, 9.17) is 4.74 Å². The first-order chi connectivity index (χ1) is 15.3. The Morgan fingerprint density at radius 3 is 2.44 bits per heavy atom. The summed E-state index contributed by atoms with van der Waals surface area (Å²) in [5.74, 6) is -0.289. The van der Waals surface area contributed by atoms with Gasteiger partial charge in [-0.25, -0.2) is 13.4 Å². The van der Waals surface area contributed by atoms with Crippen LogP contribution >= 0.6 is 11.3 Å². The Morgan fingerprint density at radius 2 is 1.78 bits per heavy atom. The third-order valence-electron chi connectivity index (χ3n) is 5.07. The van der Waals surface area contributed by atoms with Crippen molar-refractivity contribution in [2.75, 3.05) is 13.1 Å². The molecule has 1 aliphatic rings. The van der Waals surface area contributed by atoms with E-state index in [0.717, 1.165) is 16.3 Å². The molecule has 10 heteroatoms. The number of benzene rings is 1. The number of hydrogen-bond acceptors (Lipinski definition) is 7. The van der Waals surface area contributed by atoms with Crippen LogP contribution in [0.2, 0.25) is 0 Å². The predicted octanol–water partition coefficient (Wildman–Crippen LogP) is 2.93. The number of hydrogen-bond donors (Lipinski definition) is 1. The normalized spacial score (nSPS) is 19.6. The van der Waals surface area contributed by atoms with Crippen LogP contribution in [0.1, 0.15) is 29.2 Å². The Balaban J connectivity index is 1.39. The fourth-order valence-corrected chi connectivity index (χ4v) is 5.89. The number of thiazole rings is 1. The van der Waals surface area contributed by atoms with Gasteiger partial charge in [0.15, 0.2) is 0 Å². The Bertz CT molecular complexity index is 1170. The molecule has 32 heavy (non-hydrogen) atoms. The molecule has 2 atom stereocenters. The van der Waals surface area contributed by atoms with Crippen LogP contribution < -0.4 is 5.32 Å². The number of carbonyl (C=O) groups is 1. The van der Waals surface area contributed by atoms with Crippen LogP contribution in [0.5, 0.6) is 0 Å². The zero-order valence-corrected chi connectivity index (χ0v) is 19.4. The molecule has 1 N–H and O–H groups in total. The highest BCUT2D eigenvalue weighted by atomic mass is 32.2. The molecule has 1 aromatic carbocycles. The summed E-state index contributed by atoms with van der Waals surface area (Å²) in [4.78, 5) is 21.2. The minimum absolute atomic E-state index is 0.163. The molecule has 3 aromatic rings. The number of morpholine rings is 1. The fraction of sp³-hybridized carbons (Fsp3) is 0.318. The topological polar surface area (TPSA) is 101 Å². The summed E-state index contributed by atoms with van der Waals surface area (Å²) in [5, 5.41) is 5.55. The largest absolute Gasteiger partial charge is 0.373 e. The van der Waals surface area contributed by atoms with Crippen LogP contribution in [0.4, 0.5) is 0 Å². The molecule has 8 nitrogen and oxygen atoms in total. The molecule has 1 amide bonds. The second kappa shape index (κ2) is 9.45. The Hall–Kier alpha value is -2.66. The predicted molar refractivity (Wildman–Crippen MR) is 122 cm³/mol. The van der Waals surface area contributed by atoms with Gasteiger partial charge in [0, 0.05) is 42.0 Å². The van der Waals surface area contributed by atoms with Gasteiger partial charge in [-0.05, 0) is 50.2 Å². The van der Waals surface area contributed by atoms with Gasteiger partial charge in [0.2, 0.25) is 10.0 Å². The highest BCUT2D eigenvalue weighted by molar-refractivity contribution is 7.89. The van der Waals surface area contributed by atoms with Crippen LogP contribution in [0.15, 0.2) is 59.1 Å². The monoisotopic (exact) mass is 472 g/mol. The number of nitrogens with one attached hydrogen (secondary N) is 1. The number of rotatable bonds is 6. The highest BCUT2D eigenvalue weighted by Crippen LogP contribution is 2.22. The average Bonchev–Trinajstić information content (AvgIpc) is 3.27. The molecule has 0 radical (unpaired) electrons. The molecule has 1 saturated heterocycles. The van der Waals surface area contributed by atoms with Crippen LogP contribution in [0.3, 0.4) is 0 Å². The van der Waals surface area contributed by atoms with Crippen LogP contribution in [-0.4, -0.2) is 53.9 Å². The fourth-order valence-electron chi connectivity index (χ4n) is 3.56. The second-order valence-electron chi connectivity index (χ2n) is 7.65. The lowest BCUT2D eigenvalue weighted by Crippen LogP contribution is -2.48. The molecule has 0 aliphatic carbocycles. The standard InChI is InChI=1S/C22H24N4O4S2/c1-15-12-26(13-16(2)30-15)32(28,29)19-5-3-18(4-6-19)22(27)24-11-21-25-20(14-31-21)17-7-9-23-10-8-17/h3-10,14-16H,11-13H2,1-2H3,(H,24,27). The van der Waals surface area contributed by atoms with E-state index in [1.807, 2.05) is 31.4 Å². The van der Waals surface area contributed by atoms with Gasteiger partial charge in [0.1, 0.15) is 5.01 Å². The molecule has 3 heterocycles. The van der Waals surface area contributed by atoms with E-state index in [1.54, 1.807) is 12.4 Å². The van der Waals surface area contributed by atoms with E-state index >= 15 is 0 Å². The summed E-state index contributed by atoms with van der Waals surface area (Å²) in [6.07, 6.45) is 3.09. The van der Waals surface area contributed by atoms with Crippen molar-refractivity contribution >= 4 is 27.3 Å². The molecule has 0 saturated carbocycles. The van der Waals surface area contributed by atoms with Gasteiger partial charge >= 0.3 is 0 Å². The summed E-state index contributed by atoms with van der Waals surface area (Å²) in [6.45, 7) is 4.62. The summed E-state index contributed by atoms with van der Waals surface area (Å²) in [7, 11) is -3.64. The minimum atomic E-state index is -3.64. The summed E-state index contributed by atoms with van der Waals surface area (Å²) in [5.41, 5.74) is 2.19. The van der Waals surface area contributed by atoms with Crippen LogP contribution in [-0.2, 0) is 21.3 Å². The van der Waals surface area contributed by atoms with Gasteiger partial charge in [-0.2, -0.15) is 4.31 Å². The van der Waals surface area contributed by atoms with Gasteiger partial charge < -0.3 is 10.1 Å². The van der Waals surface area contributed by atoms with Gasteiger partial charge in [0.25, 0.3) is 5.91 Å². The van der Waals surface area contributed by atoms with Crippen molar-refractivity contribution in [3.8, 4) is 11.3 Å². The lowest BCUT2D eigenvalue weighted by atomic mass is 10.2. The molecule has 1 fully saturated rings. The maximum absolute atomic E-state index is 12.9. The van der Waals surface area contributed by atoms with Crippen molar-refractivity contribution < 1.29 is 17.9 Å². The number of carbonyl (C=O) groups excluding carboxylic acids is 1. The summed E-state index contributed by atoms with van der Waals surface area (Å²) >= 11 is 1.46. The number of ether oxygens (including phenoxy) is 1. The van der Waals surface area contributed by atoms with E-state index in [2.05, 4.69) is 15.3 Å². The van der Waals surface area contributed by atoms with Crippen molar-refractivity contribution in [3.05, 3.63) is 64.7 Å². The highest BCUT2D eigenvalue weighted by Gasteiger charge is 2.32. The van der Waals surface area contributed by atoms with E-state index in [0.29, 0.717) is 18.7 Å². The van der Waals surface area contributed by atoms with E-state index in [-0.39, 0.29) is 29.6 Å². The maximum Gasteiger partial charge on any atom is 0.251 e. The zero-order valence-electron chi connectivity index (χ0n) is 17.8. The minimum Gasteiger partial charge on any atom is -0.373 e. The molecule has 0 bridgehead atoms. The molecular weight excluding hydrogens is 448 g/mol. The van der Waals surface area contributed by atoms with Crippen molar-refractivity contribution in [2.24, 2.45) is 0 Å². The van der Waals surface area contributed by atoms with Crippen molar-refractivity contribution in [1.82, 2.24) is 19.6 Å². The third kappa shape index (κ3) is 5.04. The second-order valence-corrected chi connectivity index (χ2v) is 10.5. The number of pyridine rings is 1. The van der Waals surface area contributed by atoms with Gasteiger partial charge in [0.05, 0.1) is 29.3 Å². The molecular formula is C22H24N4O4S2. The first-order valence-electron chi connectivity index (χ1n) is 10.2. The Kier molecular flexibility index (Phi) is 6.66. The van der Waals surface area contributed by atoms with Crippen molar-refractivity contribution in [3.63, 3.8) is 0 Å². The van der Waals surface area contributed by atoms with Gasteiger partial charge in [-0.3, -0.25) is 9.78 Å². The molecule has 168 valence electrons. The van der Waals surface area contributed by atoms with E-state index in [1.165, 1.54) is 39.9 Å². The molecule has 4 rings (SSSR count). The van der Waals surface area contributed by atoms with Crippen LogP contribution in [0, 0.1) is 0 Å². The van der Waals surface area contributed by atoms with Gasteiger partial charge in [-0.15, -0.1) is 11.3 Å². The van der Waals surface area contributed by atoms with Crippen molar-refractivity contribution in [1.29, 1.82) is 0 Å². The zero-order chi connectivity index (χ0) is 22.7. The van der Waals surface area contributed by atoms with Crippen molar-refractivity contribution in [2.45, 2.75) is 37.5 Å². The molecule has 2 unspecified atom stereocenters. The third-order valence-corrected chi connectivity index (χ3v) is 7.76. The number of aromatic nitrogens is 2. The van der Waals surface area contributed by atoms with E-state index in [9.17, 15) is 13.2 Å². The lowest BCUT2D eigenvalue weighted by Gasteiger charge is -2.34. The summed E-state index contributed by atoms with van der Waals surface area (Å²) < 4.78 is 33.0. The average molecular weight is 473 g/mol. The van der Waals surface area contributed by atoms with E-state index < -0.39 is 10.0 Å². The molecule has 0 spiro atoms. The summed E-state index contributed by atoms with van der Waals surface area (Å²) in [6, 6.07) is 9.76. The SMILES string of the molecule is CC1CN(S(=O)(=O)c2ccc(C(=O)NCc3nc(-c4ccncc4)cs3)cc2)CC(C)O1. The number of amides is 1.